The summed E-state index contributed by atoms with van der Waals surface area (Å²) in [5.41, 5.74) is 2.24. The van der Waals surface area contributed by atoms with Crippen LogP contribution in [0.15, 0.2) is 49.1 Å². The number of unbranched alkanes of at least 4 members (excludes halogenated alkanes) is 1. The van der Waals surface area contributed by atoms with Gasteiger partial charge in [-0.3, -0.25) is 0 Å². The van der Waals surface area contributed by atoms with Crippen molar-refractivity contribution in [2.75, 3.05) is 11.9 Å². The molecule has 0 aliphatic rings. The minimum absolute atomic E-state index is 0.184. The highest BCUT2D eigenvalue weighted by Gasteiger charge is 2.13. The predicted octanol–water partition coefficient (Wildman–Crippen LogP) is 4.38. The Morgan fingerprint density at radius 3 is 2.78 bits per heavy atom. The van der Waals surface area contributed by atoms with Gasteiger partial charge in [-0.15, -0.1) is 0 Å². The first-order valence-electron chi connectivity index (χ1n) is 9.45. The van der Waals surface area contributed by atoms with Crippen molar-refractivity contribution in [3.05, 3.63) is 66.1 Å². The third-order valence-electron chi connectivity index (χ3n) is 4.52. The summed E-state index contributed by atoms with van der Waals surface area (Å²) in [6.45, 7) is 7.48. The van der Waals surface area contributed by atoms with Gasteiger partial charge in [-0.1, -0.05) is 43.7 Å². The van der Waals surface area contributed by atoms with Crippen molar-refractivity contribution < 1.29 is 4.74 Å². The van der Waals surface area contributed by atoms with Crippen LogP contribution in [0, 0.1) is 6.92 Å². The molecule has 27 heavy (non-hydrogen) atoms. The van der Waals surface area contributed by atoms with E-state index < -0.39 is 0 Å². The lowest BCUT2D eigenvalue weighted by molar-refractivity contribution is 0.292. The molecule has 1 N–H and O–H groups in total. The van der Waals surface area contributed by atoms with Gasteiger partial charge in [0.05, 0.1) is 30.5 Å². The largest absolute Gasteiger partial charge is 0.482 e. The summed E-state index contributed by atoms with van der Waals surface area (Å²) in [4.78, 5) is 13.1. The van der Waals surface area contributed by atoms with Crippen LogP contribution in [0.4, 0.5) is 5.82 Å². The molecule has 142 valence electrons. The summed E-state index contributed by atoms with van der Waals surface area (Å²) in [7, 11) is 0. The van der Waals surface area contributed by atoms with Crippen LogP contribution in [0.1, 0.15) is 49.8 Å². The fraction of sp³-hybridized carbons (Fsp3) is 0.381. The summed E-state index contributed by atoms with van der Waals surface area (Å²) >= 11 is 0. The Balaban J connectivity index is 1.72. The summed E-state index contributed by atoms with van der Waals surface area (Å²) in [6.07, 6.45) is 7.65. The first-order chi connectivity index (χ1) is 13.2. The molecule has 0 spiro atoms. The SMILES string of the molecule is CCCCNc1nc(C)ncc1OCc1cncn1[C@H](C)c1ccccc1. The molecule has 6 nitrogen and oxygen atoms in total. The maximum absolute atomic E-state index is 6.05. The minimum Gasteiger partial charge on any atom is -0.482 e. The van der Waals surface area contributed by atoms with E-state index >= 15 is 0 Å². The van der Waals surface area contributed by atoms with Crippen LogP contribution in [0.3, 0.4) is 0 Å². The number of aryl methyl sites for hydroxylation is 1. The number of anilines is 1. The highest BCUT2D eigenvalue weighted by molar-refractivity contribution is 5.48. The van der Waals surface area contributed by atoms with Crippen LogP contribution in [0.25, 0.3) is 0 Å². The van der Waals surface area contributed by atoms with Crippen LogP contribution < -0.4 is 10.1 Å². The second-order valence-electron chi connectivity index (χ2n) is 6.58. The molecule has 0 bridgehead atoms. The molecule has 0 aliphatic carbocycles. The van der Waals surface area contributed by atoms with Crippen molar-refractivity contribution in [1.82, 2.24) is 19.5 Å². The normalized spacial score (nSPS) is 12.0. The van der Waals surface area contributed by atoms with E-state index in [-0.39, 0.29) is 6.04 Å². The summed E-state index contributed by atoms with van der Waals surface area (Å²) in [5, 5.41) is 3.35. The third-order valence-corrected chi connectivity index (χ3v) is 4.52. The second-order valence-corrected chi connectivity index (χ2v) is 6.58. The molecule has 0 saturated carbocycles. The molecule has 0 saturated heterocycles. The molecule has 6 heteroatoms. The predicted molar refractivity (Wildman–Crippen MR) is 107 cm³/mol. The summed E-state index contributed by atoms with van der Waals surface area (Å²) < 4.78 is 8.18. The average molecular weight is 365 g/mol. The minimum atomic E-state index is 0.184. The number of hydrogen-bond acceptors (Lipinski definition) is 5. The van der Waals surface area contributed by atoms with E-state index in [2.05, 4.69) is 62.9 Å². The van der Waals surface area contributed by atoms with Crippen molar-refractivity contribution in [2.24, 2.45) is 0 Å². The molecular weight excluding hydrogens is 338 g/mol. The van der Waals surface area contributed by atoms with Gasteiger partial charge in [0.15, 0.2) is 11.6 Å². The summed E-state index contributed by atoms with van der Waals surface area (Å²) in [5.74, 6) is 2.14. The zero-order valence-corrected chi connectivity index (χ0v) is 16.2. The zero-order chi connectivity index (χ0) is 19.1. The monoisotopic (exact) mass is 365 g/mol. The number of nitrogens with zero attached hydrogens (tertiary/aromatic N) is 4. The van der Waals surface area contributed by atoms with E-state index in [9.17, 15) is 0 Å². The Hall–Kier alpha value is -2.89. The van der Waals surface area contributed by atoms with E-state index in [0.717, 1.165) is 36.7 Å². The highest BCUT2D eigenvalue weighted by Crippen LogP contribution is 2.24. The van der Waals surface area contributed by atoms with E-state index in [0.29, 0.717) is 12.4 Å². The van der Waals surface area contributed by atoms with Gasteiger partial charge in [-0.25, -0.2) is 15.0 Å². The zero-order valence-electron chi connectivity index (χ0n) is 16.2. The summed E-state index contributed by atoms with van der Waals surface area (Å²) in [6, 6.07) is 10.6. The van der Waals surface area contributed by atoms with Gasteiger partial charge in [0.1, 0.15) is 12.4 Å². The quantitative estimate of drug-likeness (QED) is 0.570. The van der Waals surface area contributed by atoms with Crippen LogP contribution >= 0.6 is 0 Å². The van der Waals surface area contributed by atoms with Gasteiger partial charge in [-0.05, 0) is 25.8 Å². The lowest BCUT2D eigenvalue weighted by Gasteiger charge is -2.18. The average Bonchev–Trinajstić information content (AvgIpc) is 3.16. The maximum Gasteiger partial charge on any atom is 0.180 e. The number of hydrogen-bond donors (Lipinski definition) is 1. The molecule has 0 unspecified atom stereocenters. The Morgan fingerprint density at radius 2 is 2.00 bits per heavy atom. The first kappa shape index (κ1) is 18.9. The molecule has 3 aromatic rings. The highest BCUT2D eigenvalue weighted by atomic mass is 16.5. The number of aromatic nitrogens is 4. The van der Waals surface area contributed by atoms with E-state index in [1.54, 1.807) is 6.20 Å². The van der Waals surface area contributed by atoms with Crippen LogP contribution in [-0.2, 0) is 6.61 Å². The number of ether oxygens (including phenoxy) is 1. The van der Waals surface area contributed by atoms with Gasteiger partial charge >= 0.3 is 0 Å². The van der Waals surface area contributed by atoms with Crippen molar-refractivity contribution in [3.63, 3.8) is 0 Å². The standard InChI is InChI=1S/C21H27N5O/c1-4-5-11-23-21-20(13-24-17(3)25-21)27-14-19-12-22-15-26(19)16(2)18-9-7-6-8-10-18/h6-10,12-13,15-16H,4-5,11,14H2,1-3H3,(H,23,24,25)/t16-/m1/s1. The molecule has 2 aromatic heterocycles. The lowest BCUT2D eigenvalue weighted by atomic mass is 10.1. The molecule has 1 atom stereocenters. The fourth-order valence-corrected chi connectivity index (χ4v) is 2.91. The molecular formula is C21H27N5O. The van der Waals surface area contributed by atoms with Crippen LogP contribution in [0.5, 0.6) is 5.75 Å². The Labute approximate surface area is 160 Å². The first-order valence-corrected chi connectivity index (χ1v) is 9.45. The van der Waals surface area contributed by atoms with Crippen molar-refractivity contribution >= 4 is 5.82 Å². The van der Waals surface area contributed by atoms with Crippen LogP contribution in [-0.4, -0.2) is 26.1 Å². The molecule has 3 rings (SSSR count). The molecule has 0 aliphatic heterocycles. The van der Waals surface area contributed by atoms with Crippen molar-refractivity contribution in [3.8, 4) is 5.75 Å². The van der Waals surface area contributed by atoms with Crippen molar-refractivity contribution in [2.45, 2.75) is 46.3 Å². The van der Waals surface area contributed by atoms with Gasteiger partial charge < -0.3 is 14.6 Å². The molecule has 0 radical (unpaired) electrons. The Bertz CT molecular complexity index is 847. The lowest BCUT2D eigenvalue weighted by Crippen LogP contribution is -2.12. The number of rotatable bonds is 9. The third kappa shape index (κ3) is 4.84. The second kappa shape index (κ2) is 9.16. The Morgan fingerprint density at radius 1 is 1.19 bits per heavy atom. The molecule has 1 aromatic carbocycles. The molecule has 0 amide bonds. The topological polar surface area (TPSA) is 64.9 Å². The smallest absolute Gasteiger partial charge is 0.180 e. The van der Waals surface area contributed by atoms with Gasteiger partial charge in [0, 0.05) is 6.54 Å². The Kier molecular flexibility index (Phi) is 6.41. The fourth-order valence-electron chi connectivity index (χ4n) is 2.91. The van der Waals surface area contributed by atoms with E-state index in [1.165, 1.54) is 5.56 Å². The number of nitrogens with one attached hydrogen (secondary N) is 1. The van der Waals surface area contributed by atoms with E-state index in [4.69, 9.17) is 4.74 Å². The van der Waals surface area contributed by atoms with Crippen LogP contribution in [0.2, 0.25) is 0 Å². The van der Waals surface area contributed by atoms with Crippen molar-refractivity contribution in [1.29, 1.82) is 0 Å². The maximum atomic E-state index is 6.05. The van der Waals surface area contributed by atoms with Gasteiger partial charge in [0.2, 0.25) is 0 Å². The molecule has 2 heterocycles. The van der Waals surface area contributed by atoms with Gasteiger partial charge in [0.25, 0.3) is 0 Å². The molecule has 0 fully saturated rings. The van der Waals surface area contributed by atoms with Gasteiger partial charge in [-0.2, -0.15) is 0 Å². The number of benzene rings is 1. The number of imidazole rings is 1. The van der Waals surface area contributed by atoms with E-state index in [1.807, 2.05) is 25.5 Å².